The zero-order valence-electron chi connectivity index (χ0n) is 12.0. The highest BCUT2D eigenvalue weighted by Gasteiger charge is 2.12. The van der Waals surface area contributed by atoms with Crippen molar-refractivity contribution in [2.24, 2.45) is 5.84 Å². The monoisotopic (exact) mass is 307 g/mol. The molecule has 1 aromatic carbocycles. The Morgan fingerprint density at radius 3 is 2.62 bits per heavy atom. The zero-order chi connectivity index (χ0) is 15.4. The van der Waals surface area contributed by atoms with Crippen molar-refractivity contribution in [3.63, 3.8) is 0 Å². The van der Waals surface area contributed by atoms with Crippen molar-refractivity contribution in [3.05, 3.63) is 57.0 Å². The third-order valence-electron chi connectivity index (χ3n) is 3.18. The van der Waals surface area contributed by atoms with E-state index >= 15 is 0 Å². The summed E-state index contributed by atoms with van der Waals surface area (Å²) in [5, 5.41) is 0. The van der Waals surface area contributed by atoms with E-state index in [1.807, 2.05) is 20.0 Å². The second kappa shape index (κ2) is 6.80. The Balaban J connectivity index is 2.02. The number of hydrazine groups is 1. The Bertz CT molecular complexity index is 624. The standard InChI is InChI=1S/C15H18FN3OS/c1-10-12(7-14(21-10)15(20)18-17)9-19(2)8-11-3-5-13(16)6-4-11/h3-7H,8-9,17H2,1-2H3,(H,18,20). The SMILES string of the molecule is Cc1sc(C(=O)NN)cc1CN(C)Cc1ccc(F)cc1. The number of nitrogens with one attached hydrogen (secondary N) is 1. The van der Waals surface area contributed by atoms with Crippen LogP contribution >= 0.6 is 11.3 Å². The van der Waals surface area contributed by atoms with E-state index in [9.17, 15) is 9.18 Å². The van der Waals surface area contributed by atoms with Crippen LogP contribution in [0.15, 0.2) is 30.3 Å². The number of benzene rings is 1. The van der Waals surface area contributed by atoms with Crippen molar-refractivity contribution in [2.45, 2.75) is 20.0 Å². The number of nitrogens with zero attached hydrogens (tertiary/aromatic N) is 1. The molecule has 0 bridgehead atoms. The van der Waals surface area contributed by atoms with Crippen molar-refractivity contribution in [1.29, 1.82) is 0 Å². The van der Waals surface area contributed by atoms with Gasteiger partial charge in [-0.05, 0) is 43.3 Å². The van der Waals surface area contributed by atoms with Gasteiger partial charge in [0.15, 0.2) is 0 Å². The van der Waals surface area contributed by atoms with Gasteiger partial charge in [0.05, 0.1) is 4.88 Å². The minimum absolute atomic E-state index is 0.229. The number of hydrogen-bond donors (Lipinski definition) is 2. The van der Waals surface area contributed by atoms with Crippen molar-refractivity contribution >= 4 is 17.2 Å². The number of carbonyl (C=O) groups excluding carboxylic acids is 1. The minimum atomic E-state index is -0.268. The first-order valence-corrected chi connectivity index (χ1v) is 7.34. The van der Waals surface area contributed by atoms with Crippen LogP contribution in [0.1, 0.15) is 25.7 Å². The number of halogens is 1. The first-order valence-electron chi connectivity index (χ1n) is 6.53. The normalized spacial score (nSPS) is 10.9. The summed E-state index contributed by atoms with van der Waals surface area (Å²) in [6.45, 7) is 3.42. The molecule has 0 spiro atoms. The number of amides is 1. The molecular formula is C15H18FN3OS. The smallest absolute Gasteiger partial charge is 0.275 e. The second-order valence-electron chi connectivity index (χ2n) is 4.96. The summed E-state index contributed by atoms with van der Waals surface area (Å²) < 4.78 is 12.9. The highest BCUT2D eigenvalue weighted by Crippen LogP contribution is 2.23. The van der Waals surface area contributed by atoms with Crippen LogP contribution in [0.3, 0.4) is 0 Å². The van der Waals surface area contributed by atoms with Gasteiger partial charge in [0.1, 0.15) is 5.82 Å². The van der Waals surface area contributed by atoms with E-state index in [-0.39, 0.29) is 11.7 Å². The molecule has 0 saturated heterocycles. The van der Waals surface area contributed by atoms with Gasteiger partial charge in [-0.15, -0.1) is 11.3 Å². The van der Waals surface area contributed by atoms with E-state index in [0.717, 1.165) is 22.5 Å². The molecule has 0 aliphatic heterocycles. The van der Waals surface area contributed by atoms with Gasteiger partial charge < -0.3 is 0 Å². The summed E-state index contributed by atoms with van der Waals surface area (Å²) >= 11 is 1.43. The first kappa shape index (κ1) is 15.6. The Hall–Kier alpha value is -1.76. The van der Waals surface area contributed by atoms with E-state index in [4.69, 9.17) is 5.84 Å². The molecule has 6 heteroatoms. The lowest BCUT2D eigenvalue weighted by molar-refractivity contribution is 0.0957. The van der Waals surface area contributed by atoms with Gasteiger partial charge in [-0.3, -0.25) is 15.1 Å². The van der Waals surface area contributed by atoms with Crippen molar-refractivity contribution in [2.75, 3.05) is 7.05 Å². The number of hydrogen-bond acceptors (Lipinski definition) is 4. The summed E-state index contributed by atoms with van der Waals surface area (Å²) in [7, 11) is 1.99. The minimum Gasteiger partial charge on any atom is -0.298 e. The molecule has 2 rings (SSSR count). The molecule has 1 heterocycles. The summed E-state index contributed by atoms with van der Waals surface area (Å²) in [6, 6.07) is 8.34. The molecule has 0 radical (unpaired) electrons. The van der Waals surface area contributed by atoms with Crippen molar-refractivity contribution in [1.82, 2.24) is 10.3 Å². The lowest BCUT2D eigenvalue weighted by Gasteiger charge is -2.16. The van der Waals surface area contributed by atoms with Gasteiger partial charge in [-0.25, -0.2) is 10.2 Å². The average molecular weight is 307 g/mol. The van der Waals surface area contributed by atoms with E-state index in [2.05, 4.69) is 10.3 Å². The molecule has 2 aromatic rings. The fourth-order valence-corrected chi connectivity index (χ4v) is 3.05. The highest BCUT2D eigenvalue weighted by atomic mass is 32.1. The summed E-state index contributed by atoms with van der Waals surface area (Å²) in [4.78, 5) is 15.3. The van der Waals surface area contributed by atoms with Crippen LogP contribution in [-0.2, 0) is 13.1 Å². The third kappa shape index (κ3) is 4.10. The number of carbonyl (C=O) groups is 1. The predicted octanol–water partition coefficient (Wildman–Crippen LogP) is 2.43. The van der Waals surface area contributed by atoms with Gasteiger partial charge in [0.2, 0.25) is 0 Å². The molecule has 0 atom stereocenters. The summed E-state index contributed by atoms with van der Waals surface area (Å²) in [5.41, 5.74) is 4.29. The maximum Gasteiger partial charge on any atom is 0.275 e. The molecule has 0 aliphatic carbocycles. The van der Waals surface area contributed by atoms with Gasteiger partial charge in [-0.2, -0.15) is 0 Å². The molecule has 112 valence electrons. The van der Waals surface area contributed by atoms with E-state index in [1.54, 1.807) is 12.1 Å². The molecule has 0 saturated carbocycles. The molecule has 1 aromatic heterocycles. The predicted molar refractivity (Wildman–Crippen MR) is 82.3 cm³/mol. The molecule has 0 fully saturated rings. The lowest BCUT2D eigenvalue weighted by Crippen LogP contribution is -2.29. The van der Waals surface area contributed by atoms with Gasteiger partial charge in [0.25, 0.3) is 5.91 Å². The van der Waals surface area contributed by atoms with E-state index in [0.29, 0.717) is 11.4 Å². The summed E-state index contributed by atoms with van der Waals surface area (Å²) in [5.74, 6) is 4.65. The largest absolute Gasteiger partial charge is 0.298 e. The molecule has 1 amide bonds. The quantitative estimate of drug-likeness (QED) is 0.507. The molecular weight excluding hydrogens is 289 g/mol. The first-order chi connectivity index (χ1) is 9.99. The molecule has 0 unspecified atom stereocenters. The van der Waals surface area contributed by atoms with Crippen LogP contribution in [0.2, 0.25) is 0 Å². The molecule has 4 nitrogen and oxygen atoms in total. The topological polar surface area (TPSA) is 58.4 Å². The lowest BCUT2D eigenvalue weighted by atomic mass is 10.2. The maximum absolute atomic E-state index is 12.9. The Morgan fingerprint density at radius 1 is 1.33 bits per heavy atom. The van der Waals surface area contributed by atoms with Crippen LogP contribution in [-0.4, -0.2) is 17.9 Å². The fraction of sp³-hybridized carbons (Fsp3) is 0.267. The van der Waals surface area contributed by atoms with Crippen LogP contribution in [0.4, 0.5) is 4.39 Å². The third-order valence-corrected chi connectivity index (χ3v) is 4.27. The molecule has 21 heavy (non-hydrogen) atoms. The number of nitrogen functional groups attached to an aromatic ring is 1. The van der Waals surface area contributed by atoms with Crippen LogP contribution in [0.5, 0.6) is 0 Å². The molecule has 3 N–H and O–H groups in total. The Morgan fingerprint density at radius 2 is 2.00 bits per heavy atom. The van der Waals surface area contributed by atoms with Crippen molar-refractivity contribution < 1.29 is 9.18 Å². The van der Waals surface area contributed by atoms with Crippen molar-refractivity contribution in [3.8, 4) is 0 Å². The maximum atomic E-state index is 12.9. The average Bonchev–Trinajstić information content (AvgIpc) is 2.82. The number of thiophene rings is 1. The number of aryl methyl sites for hydroxylation is 1. The van der Waals surface area contributed by atoms with E-state index < -0.39 is 0 Å². The molecule has 0 aliphatic rings. The van der Waals surface area contributed by atoms with Crippen LogP contribution in [0, 0.1) is 12.7 Å². The van der Waals surface area contributed by atoms with Gasteiger partial charge >= 0.3 is 0 Å². The van der Waals surface area contributed by atoms with Crippen LogP contribution < -0.4 is 11.3 Å². The van der Waals surface area contributed by atoms with E-state index in [1.165, 1.54) is 23.5 Å². The zero-order valence-corrected chi connectivity index (χ0v) is 12.8. The Kier molecular flexibility index (Phi) is 5.06. The fourth-order valence-electron chi connectivity index (χ4n) is 2.11. The van der Waals surface area contributed by atoms with Crippen LogP contribution in [0.25, 0.3) is 0 Å². The number of rotatable bonds is 5. The van der Waals surface area contributed by atoms with Gasteiger partial charge in [-0.1, -0.05) is 12.1 Å². The second-order valence-corrected chi connectivity index (χ2v) is 6.22. The van der Waals surface area contributed by atoms with Gasteiger partial charge in [0, 0.05) is 18.0 Å². The summed E-state index contributed by atoms with van der Waals surface area (Å²) in [6.07, 6.45) is 0. The Labute approximate surface area is 127 Å². The highest BCUT2D eigenvalue weighted by molar-refractivity contribution is 7.14. The number of nitrogens with two attached hydrogens (primary N) is 1.